The Kier molecular flexibility index (Phi) is 4.70. The van der Waals surface area contributed by atoms with Crippen molar-refractivity contribution in [3.05, 3.63) is 70.7 Å². The molecule has 2 fully saturated rings. The van der Waals surface area contributed by atoms with E-state index in [9.17, 15) is 9.59 Å². The molecule has 1 heterocycles. The Hall–Kier alpha value is -2.33. The van der Waals surface area contributed by atoms with E-state index < -0.39 is 11.0 Å². The van der Waals surface area contributed by atoms with Gasteiger partial charge in [-0.15, -0.1) is 0 Å². The first-order chi connectivity index (χ1) is 13.4. The molecular formula is C23H25ClN2O2. The molecule has 1 saturated carbocycles. The lowest BCUT2D eigenvalue weighted by atomic mass is 9.81. The van der Waals surface area contributed by atoms with E-state index in [4.69, 9.17) is 11.6 Å². The second-order valence-corrected chi connectivity index (χ2v) is 8.65. The van der Waals surface area contributed by atoms with Crippen molar-refractivity contribution < 1.29 is 9.59 Å². The number of nitrogens with zero attached hydrogens (tertiary/aromatic N) is 2. The molecule has 4 rings (SSSR count). The van der Waals surface area contributed by atoms with Crippen LogP contribution < -0.4 is 0 Å². The summed E-state index contributed by atoms with van der Waals surface area (Å²) in [6.07, 6.45) is 2.36. The summed E-state index contributed by atoms with van der Waals surface area (Å²) in [4.78, 5) is 30.2. The molecule has 28 heavy (non-hydrogen) atoms. The third kappa shape index (κ3) is 3.10. The van der Waals surface area contributed by atoms with Crippen LogP contribution in [0.5, 0.6) is 0 Å². The van der Waals surface area contributed by atoms with Gasteiger partial charge in [0.1, 0.15) is 5.54 Å². The smallest absolute Gasteiger partial charge is 0.248 e. The fourth-order valence-corrected chi connectivity index (χ4v) is 4.35. The molecule has 2 aromatic carbocycles. The molecule has 0 N–H and O–H groups in total. The van der Waals surface area contributed by atoms with Crippen molar-refractivity contribution >= 4 is 23.4 Å². The van der Waals surface area contributed by atoms with Gasteiger partial charge in [-0.05, 0) is 49.4 Å². The van der Waals surface area contributed by atoms with Crippen LogP contribution >= 0.6 is 11.6 Å². The van der Waals surface area contributed by atoms with Gasteiger partial charge in [-0.1, -0.05) is 54.1 Å². The molecule has 0 radical (unpaired) electrons. The van der Waals surface area contributed by atoms with Gasteiger partial charge < -0.3 is 9.80 Å². The predicted molar refractivity (Wildman–Crippen MR) is 110 cm³/mol. The highest BCUT2D eigenvalue weighted by molar-refractivity contribution is 6.30. The zero-order valence-corrected chi connectivity index (χ0v) is 17.1. The van der Waals surface area contributed by atoms with E-state index in [0.29, 0.717) is 24.5 Å². The van der Waals surface area contributed by atoms with Crippen LogP contribution in [0.3, 0.4) is 0 Å². The molecule has 1 aliphatic carbocycles. The number of carbonyl (C=O) groups is 2. The van der Waals surface area contributed by atoms with Crippen molar-refractivity contribution in [1.29, 1.82) is 0 Å². The van der Waals surface area contributed by atoms with Crippen LogP contribution in [0.25, 0.3) is 0 Å². The molecule has 1 unspecified atom stereocenters. The van der Waals surface area contributed by atoms with E-state index in [1.807, 2.05) is 68.6 Å². The highest BCUT2D eigenvalue weighted by Crippen LogP contribution is 2.52. The van der Waals surface area contributed by atoms with Gasteiger partial charge in [0.25, 0.3) is 0 Å². The number of hydrogen-bond acceptors (Lipinski definition) is 2. The van der Waals surface area contributed by atoms with Crippen LogP contribution in [0, 0.1) is 0 Å². The molecule has 1 saturated heterocycles. The minimum Gasteiger partial charge on any atom is -0.339 e. The Balaban J connectivity index is 1.50. The van der Waals surface area contributed by atoms with Crippen molar-refractivity contribution in [3.8, 4) is 0 Å². The number of rotatable bonds is 5. The Morgan fingerprint density at radius 2 is 1.68 bits per heavy atom. The van der Waals surface area contributed by atoms with Crippen LogP contribution in [0.1, 0.15) is 37.3 Å². The fraction of sp³-hybridized carbons (Fsp3) is 0.391. The first kappa shape index (κ1) is 19.0. The van der Waals surface area contributed by atoms with Crippen molar-refractivity contribution in [2.24, 2.45) is 0 Å². The average Bonchev–Trinajstić information content (AvgIpc) is 3.49. The van der Waals surface area contributed by atoms with Gasteiger partial charge in [-0.2, -0.15) is 0 Å². The number of hydrogen-bond donors (Lipinski definition) is 0. The van der Waals surface area contributed by atoms with Crippen molar-refractivity contribution in [2.45, 2.75) is 43.7 Å². The Labute approximate surface area is 171 Å². The van der Waals surface area contributed by atoms with Gasteiger partial charge >= 0.3 is 0 Å². The lowest BCUT2D eigenvalue weighted by Crippen LogP contribution is -2.68. The average molecular weight is 397 g/mol. The minimum absolute atomic E-state index is 0.00265. The van der Waals surface area contributed by atoms with Crippen molar-refractivity contribution in [3.63, 3.8) is 0 Å². The van der Waals surface area contributed by atoms with Gasteiger partial charge in [0, 0.05) is 25.2 Å². The van der Waals surface area contributed by atoms with Crippen molar-refractivity contribution in [2.75, 3.05) is 13.6 Å². The molecule has 1 atom stereocenters. The van der Waals surface area contributed by atoms with Crippen LogP contribution in [-0.4, -0.2) is 40.7 Å². The molecule has 4 nitrogen and oxygen atoms in total. The van der Waals surface area contributed by atoms with Gasteiger partial charge in [0.05, 0.1) is 5.41 Å². The number of benzene rings is 2. The van der Waals surface area contributed by atoms with Crippen LogP contribution in [0.2, 0.25) is 5.02 Å². The van der Waals surface area contributed by atoms with Gasteiger partial charge in [-0.25, -0.2) is 0 Å². The second-order valence-electron chi connectivity index (χ2n) is 8.22. The van der Waals surface area contributed by atoms with E-state index in [2.05, 4.69) is 0 Å². The largest absolute Gasteiger partial charge is 0.339 e. The molecule has 2 aliphatic rings. The summed E-state index contributed by atoms with van der Waals surface area (Å²) < 4.78 is 0. The maximum Gasteiger partial charge on any atom is 0.248 e. The molecule has 2 amide bonds. The van der Waals surface area contributed by atoms with Crippen molar-refractivity contribution in [1.82, 2.24) is 9.80 Å². The number of amides is 2. The molecular weight excluding hydrogens is 372 g/mol. The first-order valence-electron chi connectivity index (χ1n) is 9.74. The maximum absolute atomic E-state index is 13.4. The first-order valence-corrected chi connectivity index (χ1v) is 10.1. The minimum atomic E-state index is -0.761. The molecule has 2 aromatic rings. The molecule has 146 valence electrons. The van der Waals surface area contributed by atoms with E-state index in [1.54, 1.807) is 9.80 Å². The van der Waals surface area contributed by atoms with E-state index >= 15 is 0 Å². The Morgan fingerprint density at radius 1 is 1.04 bits per heavy atom. The molecule has 0 aromatic heterocycles. The van der Waals surface area contributed by atoms with Gasteiger partial charge in [-0.3, -0.25) is 9.59 Å². The zero-order chi connectivity index (χ0) is 19.9. The summed E-state index contributed by atoms with van der Waals surface area (Å²) >= 11 is 6.01. The van der Waals surface area contributed by atoms with Crippen LogP contribution in [0.4, 0.5) is 0 Å². The summed E-state index contributed by atoms with van der Waals surface area (Å²) in [6.45, 7) is 3.07. The summed E-state index contributed by atoms with van der Waals surface area (Å²) in [6, 6.07) is 17.5. The fourth-order valence-electron chi connectivity index (χ4n) is 4.23. The Bertz CT molecular complexity index is 893. The quantitative estimate of drug-likeness (QED) is 0.765. The zero-order valence-electron chi connectivity index (χ0n) is 16.3. The highest BCUT2D eigenvalue weighted by Gasteiger charge is 2.60. The lowest BCUT2D eigenvalue weighted by Gasteiger charge is -2.51. The van der Waals surface area contributed by atoms with Crippen LogP contribution in [0.15, 0.2) is 54.6 Å². The predicted octanol–water partition coefficient (Wildman–Crippen LogP) is 4.02. The van der Waals surface area contributed by atoms with E-state index in [1.165, 1.54) is 0 Å². The molecule has 0 spiro atoms. The summed E-state index contributed by atoms with van der Waals surface area (Å²) in [5.41, 5.74) is 0.841. The monoisotopic (exact) mass is 396 g/mol. The van der Waals surface area contributed by atoms with E-state index in [0.717, 1.165) is 24.0 Å². The van der Waals surface area contributed by atoms with Gasteiger partial charge in [0.15, 0.2) is 0 Å². The lowest BCUT2D eigenvalue weighted by molar-refractivity contribution is -0.165. The summed E-state index contributed by atoms with van der Waals surface area (Å²) in [5.74, 6) is 0.0768. The second kappa shape index (κ2) is 6.93. The van der Waals surface area contributed by atoms with Gasteiger partial charge in [0.2, 0.25) is 11.8 Å². The number of likely N-dealkylation sites (tertiary alicyclic amines) is 1. The maximum atomic E-state index is 13.4. The summed E-state index contributed by atoms with van der Waals surface area (Å²) in [7, 11) is 1.81. The number of likely N-dealkylation sites (N-methyl/N-ethyl adjacent to an activating group) is 1. The third-order valence-electron chi connectivity index (χ3n) is 6.29. The topological polar surface area (TPSA) is 40.6 Å². The Morgan fingerprint density at radius 3 is 2.21 bits per heavy atom. The standard InChI is InChI=1S/C23H25ClN2O2/c1-22(20(27)25(2)16-17-6-4-3-5-7-17)14-15-26(22)21(28)23(12-13-23)18-8-10-19(24)11-9-18/h3-11H,12-16H2,1-2H3. The summed E-state index contributed by atoms with van der Waals surface area (Å²) in [5, 5.41) is 0.665. The van der Waals surface area contributed by atoms with E-state index in [-0.39, 0.29) is 11.8 Å². The molecule has 5 heteroatoms. The SMILES string of the molecule is CN(Cc1ccccc1)C(=O)C1(C)CCN1C(=O)C1(c2ccc(Cl)cc2)CC1. The molecule has 0 bridgehead atoms. The van der Waals surface area contributed by atoms with Crippen LogP contribution in [-0.2, 0) is 21.5 Å². The normalized spacial score (nSPS) is 22.3. The third-order valence-corrected chi connectivity index (χ3v) is 6.54. The molecule has 1 aliphatic heterocycles. The number of halogens is 1. The highest BCUT2D eigenvalue weighted by atomic mass is 35.5. The number of carbonyl (C=O) groups excluding carboxylic acids is 2.